The van der Waals surface area contributed by atoms with E-state index in [4.69, 9.17) is 28.6 Å². The summed E-state index contributed by atoms with van der Waals surface area (Å²) in [4.78, 5) is 24.2. The summed E-state index contributed by atoms with van der Waals surface area (Å²) in [6.07, 6.45) is 1.72. The van der Waals surface area contributed by atoms with Crippen LogP contribution in [-0.4, -0.2) is 16.2 Å². The molecule has 4 nitrogen and oxygen atoms in total. The predicted octanol–water partition coefficient (Wildman–Crippen LogP) is 4.05. The van der Waals surface area contributed by atoms with Crippen LogP contribution in [0.5, 0.6) is 5.75 Å². The number of carbonyl (C=O) groups is 2. The molecule has 1 amide bonds. The summed E-state index contributed by atoms with van der Waals surface area (Å²) in [6.45, 7) is 0. The van der Waals surface area contributed by atoms with Crippen molar-refractivity contribution >= 4 is 57.9 Å². The highest BCUT2D eigenvalue weighted by molar-refractivity contribution is 8.26. The summed E-state index contributed by atoms with van der Waals surface area (Å²) in [5.74, 6) is -0.344. The smallest absolute Gasteiger partial charge is 0.345 e. The maximum Gasteiger partial charge on any atom is 0.345 e. The molecule has 1 aliphatic heterocycles. The van der Waals surface area contributed by atoms with Crippen LogP contribution in [0, 0.1) is 0 Å². The Bertz CT molecular complexity index is 862. The second-order valence-electron chi connectivity index (χ2n) is 4.79. The van der Waals surface area contributed by atoms with Crippen molar-refractivity contribution in [3.05, 3.63) is 69.6 Å². The number of thiocarbonyl (C=S) groups is 1. The molecule has 7 heteroatoms. The number of ether oxygens (including phenoxy) is 1. The fourth-order valence-electron chi connectivity index (χ4n) is 1.99. The van der Waals surface area contributed by atoms with Gasteiger partial charge in [-0.2, -0.15) is 0 Å². The molecule has 0 unspecified atom stereocenters. The van der Waals surface area contributed by atoms with Crippen LogP contribution in [0.1, 0.15) is 15.9 Å². The van der Waals surface area contributed by atoms with Gasteiger partial charge in [0.2, 0.25) is 0 Å². The second kappa shape index (κ2) is 7.17. The van der Waals surface area contributed by atoms with Gasteiger partial charge in [0.05, 0.1) is 15.5 Å². The number of carbonyl (C=O) groups excluding carboxylic acids is 2. The minimum atomic E-state index is -0.525. The third-order valence-corrected chi connectivity index (χ3v) is 4.62. The topological polar surface area (TPSA) is 55.4 Å². The molecule has 1 saturated heterocycles. The Morgan fingerprint density at radius 2 is 1.88 bits per heavy atom. The average Bonchev–Trinajstić information content (AvgIpc) is 2.87. The van der Waals surface area contributed by atoms with Crippen molar-refractivity contribution in [1.29, 1.82) is 0 Å². The quantitative estimate of drug-likeness (QED) is 0.379. The zero-order valence-electron chi connectivity index (χ0n) is 12.1. The highest BCUT2D eigenvalue weighted by atomic mass is 35.5. The molecule has 0 radical (unpaired) electrons. The van der Waals surface area contributed by atoms with Gasteiger partial charge in [-0.3, -0.25) is 4.79 Å². The Kier molecular flexibility index (Phi) is 4.99. The van der Waals surface area contributed by atoms with Crippen LogP contribution in [0.4, 0.5) is 0 Å². The van der Waals surface area contributed by atoms with E-state index in [-0.39, 0.29) is 5.91 Å². The molecule has 1 fully saturated rings. The van der Waals surface area contributed by atoms with Crippen LogP contribution in [0.2, 0.25) is 5.02 Å². The van der Waals surface area contributed by atoms with E-state index in [9.17, 15) is 9.59 Å². The molecule has 1 heterocycles. The van der Waals surface area contributed by atoms with Gasteiger partial charge in [0.25, 0.3) is 5.91 Å². The van der Waals surface area contributed by atoms with Gasteiger partial charge >= 0.3 is 5.97 Å². The predicted molar refractivity (Wildman–Crippen MR) is 99.2 cm³/mol. The summed E-state index contributed by atoms with van der Waals surface area (Å²) < 4.78 is 5.74. The highest BCUT2D eigenvalue weighted by Crippen LogP contribution is 2.26. The summed E-state index contributed by atoms with van der Waals surface area (Å²) in [5, 5.41) is 2.89. The molecule has 0 saturated carbocycles. The first kappa shape index (κ1) is 16.7. The summed E-state index contributed by atoms with van der Waals surface area (Å²) in [7, 11) is 0. The van der Waals surface area contributed by atoms with E-state index in [1.165, 1.54) is 11.8 Å². The Morgan fingerprint density at radius 3 is 2.50 bits per heavy atom. The summed E-state index contributed by atoms with van der Waals surface area (Å²) >= 11 is 12.1. The molecule has 120 valence electrons. The third-order valence-electron chi connectivity index (χ3n) is 3.12. The first-order valence-corrected chi connectivity index (χ1v) is 8.45. The molecule has 1 aliphatic rings. The van der Waals surface area contributed by atoms with Gasteiger partial charge in [-0.1, -0.05) is 59.8 Å². The SMILES string of the molecule is O=C1NC(=S)S/C1=C/c1ccc(OC(=O)c2ccccc2Cl)cc1. The van der Waals surface area contributed by atoms with E-state index in [0.29, 0.717) is 25.6 Å². The van der Waals surface area contributed by atoms with Gasteiger partial charge in [-0.15, -0.1) is 0 Å². The molecule has 0 bridgehead atoms. The molecule has 2 aromatic rings. The average molecular weight is 376 g/mol. The summed E-state index contributed by atoms with van der Waals surface area (Å²) in [6, 6.07) is 13.5. The number of halogens is 1. The van der Waals surface area contributed by atoms with Crippen molar-refractivity contribution in [3.8, 4) is 5.75 Å². The van der Waals surface area contributed by atoms with Crippen LogP contribution in [-0.2, 0) is 4.79 Å². The van der Waals surface area contributed by atoms with Crippen molar-refractivity contribution in [2.75, 3.05) is 0 Å². The number of amides is 1. The van der Waals surface area contributed by atoms with E-state index in [1.54, 1.807) is 54.6 Å². The molecule has 0 aromatic heterocycles. The molecule has 0 atom stereocenters. The first-order valence-electron chi connectivity index (χ1n) is 6.84. The van der Waals surface area contributed by atoms with Crippen molar-refractivity contribution < 1.29 is 14.3 Å². The number of rotatable bonds is 3. The molecule has 0 aliphatic carbocycles. The van der Waals surface area contributed by atoms with Gasteiger partial charge in [0.1, 0.15) is 10.1 Å². The van der Waals surface area contributed by atoms with Crippen LogP contribution < -0.4 is 10.1 Å². The number of benzene rings is 2. The lowest BCUT2D eigenvalue weighted by Gasteiger charge is -2.06. The normalized spacial score (nSPS) is 15.5. The van der Waals surface area contributed by atoms with E-state index in [1.807, 2.05) is 0 Å². The minimum absolute atomic E-state index is 0.209. The lowest BCUT2D eigenvalue weighted by atomic mass is 10.2. The van der Waals surface area contributed by atoms with Crippen molar-refractivity contribution in [2.24, 2.45) is 0 Å². The van der Waals surface area contributed by atoms with E-state index >= 15 is 0 Å². The molecule has 3 rings (SSSR count). The molecular weight excluding hydrogens is 366 g/mol. The van der Waals surface area contributed by atoms with E-state index in [0.717, 1.165) is 5.56 Å². The standard InChI is InChI=1S/C17H10ClNO3S2/c18-13-4-2-1-3-12(13)16(21)22-11-7-5-10(6-8-11)9-14-15(20)19-17(23)24-14/h1-9H,(H,19,20,23)/b14-9+. The van der Waals surface area contributed by atoms with Gasteiger partial charge < -0.3 is 10.1 Å². The molecule has 24 heavy (non-hydrogen) atoms. The molecule has 2 aromatic carbocycles. The molecule has 1 N–H and O–H groups in total. The highest BCUT2D eigenvalue weighted by Gasteiger charge is 2.21. The van der Waals surface area contributed by atoms with Crippen LogP contribution in [0.25, 0.3) is 6.08 Å². The lowest BCUT2D eigenvalue weighted by molar-refractivity contribution is -0.115. The Hall–Kier alpha value is -2.15. The monoisotopic (exact) mass is 375 g/mol. The maximum absolute atomic E-state index is 12.1. The first-order chi connectivity index (χ1) is 11.5. The van der Waals surface area contributed by atoms with E-state index < -0.39 is 5.97 Å². The fourth-order valence-corrected chi connectivity index (χ4v) is 3.25. The van der Waals surface area contributed by atoms with Crippen LogP contribution in [0.3, 0.4) is 0 Å². The zero-order chi connectivity index (χ0) is 17.1. The second-order valence-corrected chi connectivity index (χ2v) is 6.92. The van der Waals surface area contributed by atoms with Crippen LogP contribution in [0.15, 0.2) is 53.4 Å². The maximum atomic E-state index is 12.1. The third kappa shape index (κ3) is 3.84. The Morgan fingerprint density at radius 1 is 1.17 bits per heavy atom. The number of hydrogen-bond acceptors (Lipinski definition) is 5. The minimum Gasteiger partial charge on any atom is -0.423 e. The summed E-state index contributed by atoms with van der Waals surface area (Å²) in [5.41, 5.74) is 1.10. The van der Waals surface area contributed by atoms with Crippen LogP contribution >= 0.6 is 35.6 Å². The lowest BCUT2D eigenvalue weighted by Crippen LogP contribution is -2.17. The van der Waals surface area contributed by atoms with Gasteiger partial charge in [0.15, 0.2) is 0 Å². The van der Waals surface area contributed by atoms with Gasteiger partial charge in [0, 0.05) is 0 Å². The number of thioether (sulfide) groups is 1. The Balaban J connectivity index is 1.72. The van der Waals surface area contributed by atoms with Gasteiger partial charge in [-0.25, -0.2) is 4.79 Å². The largest absolute Gasteiger partial charge is 0.423 e. The zero-order valence-corrected chi connectivity index (χ0v) is 14.5. The van der Waals surface area contributed by atoms with E-state index in [2.05, 4.69) is 5.32 Å². The fraction of sp³-hybridized carbons (Fsp3) is 0. The number of esters is 1. The molecular formula is C17H10ClNO3S2. The van der Waals surface area contributed by atoms with Gasteiger partial charge in [-0.05, 0) is 35.9 Å². The van der Waals surface area contributed by atoms with Crippen molar-refractivity contribution in [3.63, 3.8) is 0 Å². The van der Waals surface area contributed by atoms with Crippen molar-refractivity contribution in [1.82, 2.24) is 5.32 Å². The number of hydrogen-bond donors (Lipinski definition) is 1. The van der Waals surface area contributed by atoms with Crippen molar-refractivity contribution in [2.45, 2.75) is 0 Å². The Labute approximate surface area is 152 Å². The number of nitrogens with one attached hydrogen (secondary N) is 1. The molecule has 0 spiro atoms.